The monoisotopic (exact) mass is 340 g/mol. The predicted octanol–water partition coefficient (Wildman–Crippen LogP) is 2.70. The smallest absolute Gasteiger partial charge is 0.171 e. The maximum absolute atomic E-state index is 5.48. The first-order chi connectivity index (χ1) is 11.7. The minimum absolute atomic E-state index is 0.450. The van der Waals surface area contributed by atoms with Crippen molar-refractivity contribution in [3.05, 3.63) is 65.7 Å². The first-order valence-corrected chi connectivity index (χ1v) is 9.14. The van der Waals surface area contributed by atoms with Crippen molar-refractivity contribution in [3.8, 4) is 0 Å². The summed E-state index contributed by atoms with van der Waals surface area (Å²) >= 11 is 5.48. The molecule has 1 fully saturated rings. The van der Waals surface area contributed by atoms with Crippen molar-refractivity contribution in [1.29, 1.82) is 0 Å². The van der Waals surface area contributed by atoms with E-state index >= 15 is 0 Å². The van der Waals surface area contributed by atoms with Gasteiger partial charge in [-0.2, -0.15) is 0 Å². The van der Waals surface area contributed by atoms with Gasteiger partial charge in [0.2, 0.25) is 0 Å². The zero-order valence-corrected chi connectivity index (χ0v) is 15.0. The molecule has 1 saturated heterocycles. The number of benzene rings is 2. The fourth-order valence-electron chi connectivity index (χ4n) is 3.37. The number of aryl methyl sites for hydroxylation is 1. The van der Waals surface area contributed by atoms with Crippen molar-refractivity contribution in [2.75, 3.05) is 25.0 Å². The van der Waals surface area contributed by atoms with E-state index in [-0.39, 0.29) is 0 Å². The van der Waals surface area contributed by atoms with Gasteiger partial charge in [0.05, 0.1) is 19.6 Å². The standard InChI is InChI=1S/C20H25N3S/c1-16-9-11-18(12-10-16)22-20(24)21-15-19(23-13-5-6-14-23)17-7-3-2-4-8-17/h2-4,7-12,19H,5-6,13-15H2,1H3,(H2,21,22,24)/p+1/t19-/m0/s1. The third kappa shape index (κ3) is 4.56. The molecule has 0 radical (unpaired) electrons. The van der Waals surface area contributed by atoms with Crippen LogP contribution in [0, 0.1) is 6.92 Å². The van der Waals surface area contributed by atoms with Crippen molar-refractivity contribution in [2.24, 2.45) is 0 Å². The fraction of sp³-hybridized carbons (Fsp3) is 0.350. The molecule has 3 nitrogen and oxygen atoms in total. The number of thiocarbonyl (C=S) groups is 1. The van der Waals surface area contributed by atoms with E-state index < -0.39 is 0 Å². The number of nitrogens with one attached hydrogen (secondary N) is 3. The zero-order valence-electron chi connectivity index (χ0n) is 14.2. The van der Waals surface area contributed by atoms with E-state index in [9.17, 15) is 0 Å². The lowest BCUT2D eigenvalue weighted by Crippen LogP contribution is -3.11. The summed E-state index contributed by atoms with van der Waals surface area (Å²) in [6.45, 7) is 5.44. The Labute approximate surface area is 150 Å². The summed E-state index contributed by atoms with van der Waals surface area (Å²) in [5, 5.41) is 7.39. The van der Waals surface area contributed by atoms with Crippen LogP contribution in [0.25, 0.3) is 0 Å². The largest absolute Gasteiger partial charge is 0.356 e. The van der Waals surface area contributed by atoms with Crippen molar-refractivity contribution >= 4 is 23.0 Å². The van der Waals surface area contributed by atoms with Gasteiger partial charge in [0.25, 0.3) is 0 Å². The molecule has 2 aromatic carbocycles. The van der Waals surface area contributed by atoms with E-state index in [0.29, 0.717) is 11.2 Å². The minimum atomic E-state index is 0.450. The molecule has 1 aliphatic heterocycles. The van der Waals surface area contributed by atoms with Crippen LogP contribution >= 0.6 is 12.2 Å². The molecule has 0 bridgehead atoms. The van der Waals surface area contributed by atoms with Gasteiger partial charge in [0, 0.05) is 24.1 Å². The lowest BCUT2D eigenvalue weighted by molar-refractivity contribution is -0.918. The molecular formula is C20H26N3S+. The van der Waals surface area contributed by atoms with Crippen LogP contribution in [-0.4, -0.2) is 24.7 Å². The Morgan fingerprint density at radius 1 is 1.04 bits per heavy atom. The van der Waals surface area contributed by atoms with Gasteiger partial charge in [0.15, 0.2) is 5.11 Å². The highest BCUT2D eigenvalue weighted by Gasteiger charge is 2.27. The molecule has 1 aliphatic rings. The third-order valence-corrected chi connectivity index (χ3v) is 4.96. The fourth-order valence-corrected chi connectivity index (χ4v) is 3.57. The summed E-state index contributed by atoms with van der Waals surface area (Å²) in [5.74, 6) is 0. The summed E-state index contributed by atoms with van der Waals surface area (Å²) in [4.78, 5) is 1.66. The summed E-state index contributed by atoms with van der Waals surface area (Å²) in [5.41, 5.74) is 3.67. The van der Waals surface area contributed by atoms with Crippen molar-refractivity contribution in [2.45, 2.75) is 25.8 Å². The summed E-state index contributed by atoms with van der Waals surface area (Å²) < 4.78 is 0. The first kappa shape index (κ1) is 16.9. The van der Waals surface area contributed by atoms with Crippen molar-refractivity contribution in [3.63, 3.8) is 0 Å². The molecule has 0 saturated carbocycles. The van der Waals surface area contributed by atoms with Crippen LogP contribution < -0.4 is 15.5 Å². The predicted molar refractivity (Wildman–Crippen MR) is 105 cm³/mol. The summed E-state index contributed by atoms with van der Waals surface area (Å²) in [7, 11) is 0. The first-order valence-electron chi connectivity index (χ1n) is 8.73. The average Bonchev–Trinajstić information content (AvgIpc) is 3.12. The number of quaternary nitrogens is 1. The molecule has 2 aromatic rings. The maximum atomic E-state index is 5.48. The van der Waals surface area contributed by atoms with Gasteiger partial charge < -0.3 is 15.5 Å². The number of hydrogen-bond donors (Lipinski definition) is 3. The normalized spacial score (nSPS) is 15.9. The van der Waals surface area contributed by atoms with E-state index in [4.69, 9.17) is 12.2 Å². The molecular weight excluding hydrogens is 314 g/mol. The molecule has 3 rings (SSSR count). The highest BCUT2D eigenvalue weighted by atomic mass is 32.1. The second-order valence-electron chi connectivity index (χ2n) is 6.53. The van der Waals surface area contributed by atoms with E-state index in [0.717, 1.165) is 12.2 Å². The lowest BCUT2D eigenvalue weighted by Gasteiger charge is -2.26. The van der Waals surface area contributed by atoms with Crippen LogP contribution in [0.4, 0.5) is 5.69 Å². The molecule has 0 aromatic heterocycles. The van der Waals surface area contributed by atoms with Crippen LogP contribution in [0.3, 0.4) is 0 Å². The molecule has 3 N–H and O–H groups in total. The molecule has 4 heteroatoms. The van der Waals surface area contributed by atoms with Crippen molar-refractivity contribution < 1.29 is 4.90 Å². The van der Waals surface area contributed by atoms with Gasteiger partial charge in [-0.3, -0.25) is 0 Å². The van der Waals surface area contributed by atoms with Crippen LogP contribution in [-0.2, 0) is 0 Å². The van der Waals surface area contributed by atoms with Gasteiger partial charge in [-0.25, -0.2) is 0 Å². The SMILES string of the molecule is Cc1ccc(NC(=S)NC[C@@H](c2ccccc2)[NH+]2CCCC2)cc1. The van der Waals surface area contributed by atoms with Crippen LogP contribution in [0.1, 0.15) is 30.0 Å². The van der Waals surface area contributed by atoms with Gasteiger partial charge in [0.1, 0.15) is 6.04 Å². The number of rotatable bonds is 5. The Bertz CT molecular complexity index is 648. The number of hydrogen-bond acceptors (Lipinski definition) is 1. The zero-order chi connectivity index (χ0) is 16.8. The molecule has 1 heterocycles. The van der Waals surface area contributed by atoms with E-state index in [1.165, 1.54) is 37.1 Å². The Morgan fingerprint density at radius 2 is 1.71 bits per heavy atom. The number of anilines is 1. The van der Waals surface area contributed by atoms with Gasteiger partial charge in [-0.05, 0) is 31.3 Å². The van der Waals surface area contributed by atoms with E-state index in [1.807, 2.05) is 0 Å². The second-order valence-corrected chi connectivity index (χ2v) is 6.94. The summed E-state index contributed by atoms with van der Waals surface area (Å²) in [6, 6.07) is 19.5. The lowest BCUT2D eigenvalue weighted by atomic mass is 10.1. The molecule has 24 heavy (non-hydrogen) atoms. The maximum Gasteiger partial charge on any atom is 0.171 e. The average molecular weight is 341 g/mol. The van der Waals surface area contributed by atoms with E-state index in [2.05, 4.69) is 72.2 Å². The van der Waals surface area contributed by atoms with Gasteiger partial charge >= 0.3 is 0 Å². The van der Waals surface area contributed by atoms with Crippen molar-refractivity contribution in [1.82, 2.24) is 5.32 Å². The highest BCUT2D eigenvalue weighted by molar-refractivity contribution is 7.80. The summed E-state index contributed by atoms with van der Waals surface area (Å²) in [6.07, 6.45) is 2.65. The molecule has 0 spiro atoms. The quantitative estimate of drug-likeness (QED) is 0.731. The molecule has 126 valence electrons. The molecule has 1 atom stereocenters. The topological polar surface area (TPSA) is 28.5 Å². The van der Waals surface area contributed by atoms with Gasteiger partial charge in [-0.1, -0.05) is 48.0 Å². The Kier molecular flexibility index (Phi) is 5.83. The molecule has 0 amide bonds. The molecule has 0 unspecified atom stereocenters. The second kappa shape index (κ2) is 8.27. The Hall–Kier alpha value is -1.91. The van der Waals surface area contributed by atoms with Crippen LogP contribution in [0.15, 0.2) is 54.6 Å². The third-order valence-electron chi connectivity index (χ3n) is 4.72. The van der Waals surface area contributed by atoms with Gasteiger partial charge in [-0.15, -0.1) is 0 Å². The van der Waals surface area contributed by atoms with E-state index in [1.54, 1.807) is 4.90 Å². The Morgan fingerprint density at radius 3 is 2.38 bits per heavy atom. The minimum Gasteiger partial charge on any atom is -0.356 e. The Balaban J connectivity index is 1.60. The highest BCUT2D eigenvalue weighted by Crippen LogP contribution is 2.11. The molecule has 0 aliphatic carbocycles. The van der Waals surface area contributed by atoms with Crippen LogP contribution in [0.5, 0.6) is 0 Å². The van der Waals surface area contributed by atoms with Crippen LogP contribution in [0.2, 0.25) is 0 Å². The number of likely N-dealkylation sites (tertiary alicyclic amines) is 1.